The van der Waals surface area contributed by atoms with Crippen LogP contribution in [0.1, 0.15) is 49.7 Å². The van der Waals surface area contributed by atoms with Crippen molar-refractivity contribution in [3.63, 3.8) is 0 Å². The molecule has 1 unspecified atom stereocenters. The Balaban J connectivity index is 1.82. The first-order valence-corrected chi connectivity index (χ1v) is 11.6. The molecule has 0 saturated heterocycles. The van der Waals surface area contributed by atoms with Crippen LogP contribution in [0.25, 0.3) is 0 Å². The predicted octanol–water partition coefficient (Wildman–Crippen LogP) is 6.61. The summed E-state index contributed by atoms with van der Waals surface area (Å²) in [4.78, 5) is 8.61. The highest BCUT2D eigenvalue weighted by molar-refractivity contribution is 9.10. The number of rotatable bonds is 13. The minimum atomic E-state index is -2.45. The van der Waals surface area contributed by atoms with E-state index >= 15 is 0 Å². The van der Waals surface area contributed by atoms with Crippen LogP contribution in [-0.4, -0.2) is 15.8 Å². The highest BCUT2D eigenvalue weighted by Crippen LogP contribution is 2.34. The van der Waals surface area contributed by atoms with Gasteiger partial charge in [-0.05, 0) is 36.8 Å². The molecule has 0 spiro atoms. The first-order valence-electron chi connectivity index (χ1n) is 9.63. The van der Waals surface area contributed by atoms with Gasteiger partial charge >= 0.3 is 8.25 Å². The van der Waals surface area contributed by atoms with E-state index in [2.05, 4.69) is 76.6 Å². The summed E-state index contributed by atoms with van der Waals surface area (Å²) in [5.74, 6) is 0. The summed E-state index contributed by atoms with van der Waals surface area (Å²) in [5, 5.41) is 0. The summed E-state index contributed by atoms with van der Waals surface area (Å²) in [6.45, 7) is 0.371. The molecule has 0 aromatic heterocycles. The molecule has 0 aliphatic heterocycles. The first-order chi connectivity index (χ1) is 13.1. The highest BCUT2D eigenvalue weighted by atomic mass is 79.9. The number of halogens is 1. The SMILES string of the molecule is O=[P+](O)OCCCCCCCC(Br)(Cc1ccccc1)Cc1ccccc1. The Morgan fingerprint density at radius 3 is 1.81 bits per heavy atom. The molecule has 0 fully saturated rings. The highest BCUT2D eigenvalue weighted by Gasteiger charge is 2.27. The van der Waals surface area contributed by atoms with Crippen molar-refractivity contribution in [3.8, 4) is 0 Å². The van der Waals surface area contributed by atoms with E-state index in [-0.39, 0.29) is 4.32 Å². The Labute approximate surface area is 172 Å². The number of hydrogen-bond acceptors (Lipinski definition) is 2. The van der Waals surface area contributed by atoms with Gasteiger partial charge in [0.1, 0.15) is 6.61 Å². The second-order valence-corrected chi connectivity index (χ2v) is 9.48. The Hall–Kier alpha value is -1.06. The van der Waals surface area contributed by atoms with Crippen molar-refractivity contribution in [2.24, 2.45) is 0 Å². The van der Waals surface area contributed by atoms with E-state index in [1.54, 1.807) is 0 Å². The summed E-state index contributed by atoms with van der Waals surface area (Å²) in [6.07, 6.45) is 8.49. The van der Waals surface area contributed by atoms with Gasteiger partial charge in [-0.2, -0.15) is 0 Å². The Bertz CT molecular complexity index is 622. The third-order valence-electron chi connectivity index (χ3n) is 4.70. The van der Waals surface area contributed by atoms with Crippen molar-refractivity contribution in [2.75, 3.05) is 6.61 Å². The fourth-order valence-electron chi connectivity index (χ4n) is 3.38. The molecule has 2 rings (SSSR count). The maximum atomic E-state index is 10.5. The molecule has 0 saturated carbocycles. The quantitative estimate of drug-likeness (QED) is 0.211. The second kappa shape index (κ2) is 12.4. The zero-order valence-electron chi connectivity index (χ0n) is 15.7. The van der Waals surface area contributed by atoms with Crippen molar-refractivity contribution in [1.29, 1.82) is 0 Å². The van der Waals surface area contributed by atoms with Crippen LogP contribution in [0, 0.1) is 0 Å². The van der Waals surface area contributed by atoms with E-state index in [1.807, 2.05) is 0 Å². The van der Waals surface area contributed by atoms with E-state index in [9.17, 15) is 4.57 Å². The molecule has 0 bridgehead atoms. The van der Waals surface area contributed by atoms with Crippen molar-refractivity contribution >= 4 is 24.2 Å². The minimum absolute atomic E-state index is 0.0636. The van der Waals surface area contributed by atoms with Crippen molar-refractivity contribution in [1.82, 2.24) is 0 Å². The molecule has 1 N–H and O–H groups in total. The van der Waals surface area contributed by atoms with Crippen molar-refractivity contribution < 1.29 is 14.0 Å². The van der Waals surface area contributed by atoms with E-state index in [0.29, 0.717) is 6.61 Å². The van der Waals surface area contributed by atoms with Gasteiger partial charge in [0.05, 0.1) is 0 Å². The average Bonchev–Trinajstić information content (AvgIpc) is 2.65. The largest absolute Gasteiger partial charge is 0.694 e. The molecule has 146 valence electrons. The molecule has 2 aromatic rings. The molecule has 2 aromatic carbocycles. The zero-order chi connectivity index (χ0) is 19.4. The van der Waals surface area contributed by atoms with Crippen molar-refractivity contribution in [2.45, 2.75) is 55.7 Å². The maximum absolute atomic E-state index is 10.5. The molecule has 0 heterocycles. The molecular weight excluding hydrogens is 423 g/mol. The van der Waals surface area contributed by atoms with Crippen LogP contribution in [0.2, 0.25) is 0 Å². The number of alkyl halides is 1. The third kappa shape index (κ3) is 9.62. The first kappa shape index (κ1) is 22.2. The fraction of sp³-hybridized carbons (Fsp3) is 0.455. The van der Waals surface area contributed by atoms with Crippen LogP contribution in [0.4, 0.5) is 0 Å². The molecule has 3 nitrogen and oxygen atoms in total. The summed E-state index contributed by atoms with van der Waals surface area (Å²) in [6, 6.07) is 21.3. The Morgan fingerprint density at radius 2 is 1.30 bits per heavy atom. The van der Waals surface area contributed by atoms with E-state index in [4.69, 9.17) is 9.42 Å². The molecule has 27 heavy (non-hydrogen) atoms. The van der Waals surface area contributed by atoms with Crippen LogP contribution in [0.15, 0.2) is 60.7 Å². The minimum Gasteiger partial charge on any atom is -0.133 e. The van der Waals surface area contributed by atoms with Gasteiger partial charge < -0.3 is 0 Å². The van der Waals surface area contributed by atoms with Gasteiger partial charge in [-0.3, -0.25) is 0 Å². The number of unbranched alkanes of at least 4 members (excludes halogenated alkanes) is 4. The molecule has 0 aliphatic carbocycles. The van der Waals surface area contributed by atoms with Crippen LogP contribution >= 0.6 is 24.2 Å². The van der Waals surface area contributed by atoms with Crippen LogP contribution in [0.5, 0.6) is 0 Å². The number of benzene rings is 2. The summed E-state index contributed by atoms with van der Waals surface area (Å²) < 4.78 is 15.2. The fourth-order valence-corrected chi connectivity index (χ4v) is 4.59. The summed E-state index contributed by atoms with van der Waals surface area (Å²) >= 11 is 4.09. The molecular formula is C22H29BrO3P+. The summed E-state index contributed by atoms with van der Waals surface area (Å²) in [7, 11) is -2.45. The monoisotopic (exact) mass is 451 g/mol. The average molecular weight is 452 g/mol. The lowest BCUT2D eigenvalue weighted by Gasteiger charge is -2.28. The van der Waals surface area contributed by atoms with Crippen LogP contribution in [-0.2, 0) is 21.9 Å². The van der Waals surface area contributed by atoms with Gasteiger partial charge in [-0.25, -0.2) is 0 Å². The lowest BCUT2D eigenvalue weighted by Crippen LogP contribution is -2.27. The lowest BCUT2D eigenvalue weighted by molar-refractivity contribution is 0.273. The second-order valence-electron chi connectivity index (χ2n) is 7.06. The molecule has 5 heteroatoms. The molecule has 0 aliphatic rings. The molecule has 0 radical (unpaired) electrons. The topological polar surface area (TPSA) is 46.5 Å². The van der Waals surface area contributed by atoms with Gasteiger partial charge in [-0.15, -0.1) is 9.42 Å². The van der Waals surface area contributed by atoms with Crippen LogP contribution < -0.4 is 0 Å². The van der Waals surface area contributed by atoms with Gasteiger partial charge in [0.2, 0.25) is 0 Å². The lowest BCUT2D eigenvalue weighted by atomic mass is 9.88. The standard InChI is InChI=1S/C22H28BrO3P/c23-22(18-20-12-6-4-7-13-20,19-21-14-8-5-9-15-21)16-10-2-1-3-11-17-26-27(24)25/h4-9,12-15H,1-3,10-11,16-19H2/p+1. The predicted molar refractivity (Wildman–Crippen MR) is 115 cm³/mol. The third-order valence-corrected chi connectivity index (χ3v) is 6.06. The molecule has 1 atom stereocenters. The van der Waals surface area contributed by atoms with E-state index in [1.165, 1.54) is 24.0 Å². The maximum Gasteiger partial charge on any atom is 0.694 e. The van der Waals surface area contributed by atoms with Crippen LogP contribution in [0.3, 0.4) is 0 Å². The van der Waals surface area contributed by atoms with E-state index in [0.717, 1.165) is 38.5 Å². The Morgan fingerprint density at radius 1 is 0.815 bits per heavy atom. The Kier molecular flexibility index (Phi) is 10.2. The molecule has 0 amide bonds. The van der Waals surface area contributed by atoms with E-state index < -0.39 is 8.25 Å². The smallest absolute Gasteiger partial charge is 0.133 e. The number of hydrogen-bond donors (Lipinski definition) is 1. The summed E-state index contributed by atoms with van der Waals surface area (Å²) in [5.41, 5.74) is 2.72. The van der Waals surface area contributed by atoms with Gasteiger partial charge in [0.25, 0.3) is 0 Å². The van der Waals surface area contributed by atoms with Gasteiger partial charge in [-0.1, -0.05) is 102 Å². The van der Waals surface area contributed by atoms with Gasteiger partial charge in [0, 0.05) is 8.89 Å². The van der Waals surface area contributed by atoms with Crippen molar-refractivity contribution in [3.05, 3.63) is 71.8 Å². The zero-order valence-corrected chi connectivity index (χ0v) is 18.2. The normalized spacial score (nSPS) is 12.1. The van der Waals surface area contributed by atoms with Gasteiger partial charge in [0.15, 0.2) is 0 Å².